The maximum Gasteiger partial charge on any atom is 0.245 e. The molecule has 0 saturated carbocycles. The number of anilines is 1. The average molecular weight is 282 g/mol. The molecule has 2 rings (SSSR count). The third-order valence-corrected chi connectivity index (χ3v) is 6.03. The number of sulfonamides is 1. The van der Waals surface area contributed by atoms with E-state index in [0.29, 0.717) is 24.3 Å². The van der Waals surface area contributed by atoms with Crippen molar-refractivity contribution in [1.82, 2.24) is 4.31 Å². The summed E-state index contributed by atoms with van der Waals surface area (Å²) in [4.78, 5) is 0.273. The van der Waals surface area contributed by atoms with Gasteiger partial charge in [-0.3, -0.25) is 0 Å². The second-order valence-electron chi connectivity index (χ2n) is 6.06. The molecular weight excluding hydrogens is 260 g/mol. The Bertz CT molecular complexity index is 549. The molecule has 1 heterocycles. The van der Waals surface area contributed by atoms with Crippen LogP contribution in [0.5, 0.6) is 0 Å². The maximum absolute atomic E-state index is 12.7. The number of piperidine rings is 1. The summed E-state index contributed by atoms with van der Waals surface area (Å²) in [7, 11) is -3.47. The molecule has 1 aliphatic heterocycles. The smallest absolute Gasteiger partial charge is 0.245 e. The molecule has 0 atom stereocenters. The number of nitrogens with zero attached hydrogens (tertiary/aromatic N) is 1. The molecule has 4 nitrogen and oxygen atoms in total. The molecule has 5 heteroatoms. The number of benzene rings is 1. The maximum atomic E-state index is 12.7. The number of rotatable bonds is 2. The van der Waals surface area contributed by atoms with Crippen molar-refractivity contribution in [3.63, 3.8) is 0 Å². The van der Waals surface area contributed by atoms with Crippen molar-refractivity contribution in [3.05, 3.63) is 23.8 Å². The minimum Gasteiger partial charge on any atom is -0.398 e. The van der Waals surface area contributed by atoms with E-state index < -0.39 is 10.0 Å². The second-order valence-corrected chi connectivity index (χ2v) is 7.94. The summed E-state index contributed by atoms with van der Waals surface area (Å²) >= 11 is 0. The van der Waals surface area contributed by atoms with Crippen molar-refractivity contribution >= 4 is 15.7 Å². The Morgan fingerprint density at radius 1 is 1.21 bits per heavy atom. The van der Waals surface area contributed by atoms with Gasteiger partial charge in [0.25, 0.3) is 0 Å². The van der Waals surface area contributed by atoms with E-state index in [9.17, 15) is 8.42 Å². The molecule has 1 saturated heterocycles. The summed E-state index contributed by atoms with van der Waals surface area (Å²) in [6, 6.07) is 5.22. The highest BCUT2D eigenvalue weighted by molar-refractivity contribution is 7.89. The first-order chi connectivity index (χ1) is 8.74. The summed E-state index contributed by atoms with van der Waals surface area (Å²) in [6.45, 7) is 7.29. The molecule has 0 unspecified atom stereocenters. The van der Waals surface area contributed by atoms with Crippen LogP contribution in [0.1, 0.15) is 32.3 Å². The van der Waals surface area contributed by atoms with Gasteiger partial charge in [0.15, 0.2) is 0 Å². The Labute approximate surface area is 115 Å². The lowest BCUT2D eigenvalue weighted by Crippen LogP contribution is -2.41. The molecular formula is C14H22N2O2S. The van der Waals surface area contributed by atoms with Crippen LogP contribution in [0, 0.1) is 12.3 Å². The number of nitrogen functional groups attached to an aromatic ring is 1. The van der Waals surface area contributed by atoms with Gasteiger partial charge in [-0.25, -0.2) is 8.42 Å². The zero-order valence-electron chi connectivity index (χ0n) is 11.8. The summed E-state index contributed by atoms with van der Waals surface area (Å²) in [6.07, 6.45) is 1.77. The molecule has 0 aliphatic carbocycles. The Morgan fingerprint density at radius 2 is 1.79 bits per heavy atom. The van der Waals surface area contributed by atoms with Crippen LogP contribution in [-0.2, 0) is 10.0 Å². The highest BCUT2D eigenvalue weighted by Crippen LogP contribution is 2.34. The van der Waals surface area contributed by atoms with Crippen LogP contribution in [-0.4, -0.2) is 25.8 Å². The second kappa shape index (κ2) is 4.80. The predicted molar refractivity (Wildman–Crippen MR) is 77.4 cm³/mol. The molecule has 0 spiro atoms. The molecule has 0 bridgehead atoms. The molecule has 0 amide bonds. The largest absolute Gasteiger partial charge is 0.398 e. The fraction of sp³-hybridized carbons (Fsp3) is 0.571. The van der Waals surface area contributed by atoms with Crippen LogP contribution in [0.25, 0.3) is 0 Å². The lowest BCUT2D eigenvalue weighted by atomic mass is 9.83. The molecule has 19 heavy (non-hydrogen) atoms. The van der Waals surface area contributed by atoms with Crippen LogP contribution in [0.15, 0.2) is 23.1 Å². The van der Waals surface area contributed by atoms with E-state index in [1.54, 1.807) is 29.4 Å². The molecule has 0 radical (unpaired) electrons. The zero-order chi connectivity index (χ0) is 14.3. The Morgan fingerprint density at radius 3 is 2.32 bits per heavy atom. The lowest BCUT2D eigenvalue weighted by Gasteiger charge is -2.36. The van der Waals surface area contributed by atoms with Gasteiger partial charge >= 0.3 is 0 Å². The van der Waals surface area contributed by atoms with Crippen LogP contribution in [0.3, 0.4) is 0 Å². The molecule has 1 aromatic carbocycles. The predicted octanol–water partition coefficient (Wildman–Crippen LogP) is 2.39. The first-order valence-electron chi connectivity index (χ1n) is 6.59. The third-order valence-electron chi connectivity index (χ3n) is 3.92. The number of nitrogens with two attached hydrogens (primary N) is 1. The number of hydrogen-bond donors (Lipinski definition) is 1. The first-order valence-corrected chi connectivity index (χ1v) is 8.03. The van der Waals surface area contributed by atoms with Crippen LogP contribution >= 0.6 is 0 Å². The van der Waals surface area contributed by atoms with Crippen LogP contribution in [0.2, 0.25) is 0 Å². The quantitative estimate of drug-likeness (QED) is 0.847. The molecule has 0 aromatic heterocycles. The van der Waals surface area contributed by atoms with E-state index in [0.717, 1.165) is 12.8 Å². The number of hydrogen-bond acceptors (Lipinski definition) is 3. The minimum atomic E-state index is -3.47. The van der Waals surface area contributed by atoms with Gasteiger partial charge in [-0.05, 0) is 36.8 Å². The van der Waals surface area contributed by atoms with Crippen molar-refractivity contribution in [2.45, 2.75) is 38.5 Å². The van der Waals surface area contributed by atoms with Crippen LogP contribution < -0.4 is 5.73 Å². The van der Waals surface area contributed by atoms with E-state index in [1.807, 2.05) is 0 Å². The molecule has 1 fully saturated rings. The highest BCUT2D eigenvalue weighted by atomic mass is 32.2. The summed E-state index contributed by atoms with van der Waals surface area (Å²) < 4.78 is 26.9. The molecule has 1 aromatic rings. The molecule has 2 N–H and O–H groups in total. The van der Waals surface area contributed by atoms with E-state index >= 15 is 0 Å². The van der Waals surface area contributed by atoms with Crippen molar-refractivity contribution in [3.8, 4) is 0 Å². The van der Waals surface area contributed by atoms with Gasteiger partial charge in [-0.1, -0.05) is 26.0 Å². The van der Waals surface area contributed by atoms with Gasteiger partial charge in [-0.2, -0.15) is 4.31 Å². The van der Waals surface area contributed by atoms with Crippen molar-refractivity contribution < 1.29 is 8.42 Å². The van der Waals surface area contributed by atoms with Crippen molar-refractivity contribution in [2.75, 3.05) is 18.8 Å². The molecule has 106 valence electrons. The van der Waals surface area contributed by atoms with Crippen molar-refractivity contribution in [2.24, 2.45) is 5.41 Å². The van der Waals surface area contributed by atoms with E-state index in [-0.39, 0.29) is 10.3 Å². The van der Waals surface area contributed by atoms with E-state index in [4.69, 9.17) is 5.73 Å². The Hall–Kier alpha value is -1.07. The van der Waals surface area contributed by atoms with Gasteiger partial charge in [-0.15, -0.1) is 0 Å². The van der Waals surface area contributed by atoms with Gasteiger partial charge in [0, 0.05) is 13.1 Å². The monoisotopic (exact) mass is 282 g/mol. The Balaban J connectivity index is 2.34. The van der Waals surface area contributed by atoms with Gasteiger partial charge in [0.2, 0.25) is 10.0 Å². The molecule has 1 aliphatic rings. The third kappa shape index (κ3) is 2.77. The lowest BCUT2D eigenvalue weighted by molar-refractivity contribution is 0.196. The zero-order valence-corrected chi connectivity index (χ0v) is 12.6. The fourth-order valence-electron chi connectivity index (χ4n) is 2.49. The minimum absolute atomic E-state index is 0.225. The Kier molecular flexibility index (Phi) is 3.62. The fourth-order valence-corrected chi connectivity index (χ4v) is 4.25. The normalized spacial score (nSPS) is 20.4. The van der Waals surface area contributed by atoms with E-state index in [1.165, 1.54) is 0 Å². The SMILES string of the molecule is Cc1cccc(N)c1S(=O)(=O)N1CCC(C)(C)CC1. The standard InChI is InChI=1S/C14H22N2O2S/c1-11-5-4-6-12(15)13(11)19(17,18)16-9-7-14(2,3)8-10-16/h4-6H,7-10,15H2,1-3H3. The average Bonchev–Trinajstić information content (AvgIpc) is 2.27. The summed E-state index contributed by atoms with van der Waals surface area (Å²) in [5.74, 6) is 0. The first kappa shape index (κ1) is 14.3. The van der Waals surface area contributed by atoms with Crippen LogP contribution in [0.4, 0.5) is 5.69 Å². The van der Waals surface area contributed by atoms with Gasteiger partial charge < -0.3 is 5.73 Å². The van der Waals surface area contributed by atoms with Crippen molar-refractivity contribution in [1.29, 1.82) is 0 Å². The highest BCUT2D eigenvalue weighted by Gasteiger charge is 2.34. The summed E-state index contributed by atoms with van der Waals surface area (Å²) in [5.41, 5.74) is 7.14. The topological polar surface area (TPSA) is 63.4 Å². The van der Waals surface area contributed by atoms with Gasteiger partial charge in [0.05, 0.1) is 5.69 Å². The van der Waals surface area contributed by atoms with E-state index in [2.05, 4.69) is 13.8 Å². The summed E-state index contributed by atoms with van der Waals surface area (Å²) in [5, 5.41) is 0. The van der Waals surface area contributed by atoms with Gasteiger partial charge in [0.1, 0.15) is 4.90 Å². The number of aryl methyl sites for hydroxylation is 1.